The third-order valence-electron chi connectivity index (χ3n) is 4.53. The minimum absolute atomic E-state index is 0.00251. The molecule has 5 nitrogen and oxygen atoms in total. The first-order valence-corrected chi connectivity index (χ1v) is 8.27. The second-order valence-electron chi connectivity index (χ2n) is 6.46. The minimum Gasteiger partial charge on any atom is -0.355 e. The summed E-state index contributed by atoms with van der Waals surface area (Å²) in [6, 6.07) is 6.47. The molecule has 2 heterocycles. The number of aromatic nitrogens is 3. The standard InChI is InChI=1S/C18H24N4O/c1-12-4-5-15(13(2)10-12)8-9-19-18(23)16-6-7-17-20-14(3)21-22(17)11-16/h4-5,10,16H,6-9,11H2,1-3H3,(H,19,23). The van der Waals surface area contributed by atoms with Gasteiger partial charge in [-0.2, -0.15) is 5.10 Å². The number of nitrogens with zero attached hydrogens (tertiary/aromatic N) is 3. The van der Waals surface area contributed by atoms with Crippen LogP contribution in [-0.2, 0) is 24.2 Å². The third-order valence-corrected chi connectivity index (χ3v) is 4.53. The molecule has 1 aromatic carbocycles. The largest absolute Gasteiger partial charge is 0.355 e. The van der Waals surface area contributed by atoms with Crippen molar-refractivity contribution < 1.29 is 4.79 Å². The van der Waals surface area contributed by atoms with E-state index in [1.54, 1.807) is 0 Å². The van der Waals surface area contributed by atoms with Crippen molar-refractivity contribution in [3.63, 3.8) is 0 Å². The maximum atomic E-state index is 12.4. The lowest BCUT2D eigenvalue weighted by molar-refractivity contribution is -0.126. The lowest BCUT2D eigenvalue weighted by Crippen LogP contribution is -2.37. The molecule has 2 aromatic rings. The Morgan fingerprint density at radius 2 is 2.17 bits per heavy atom. The number of hydrogen-bond donors (Lipinski definition) is 1. The van der Waals surface area contributed by atoms with Crippen LogP contribution < -0.4 is 5.32 Å². The van der Waals surface area contributed by atoms with E-state index in [1.165, 1.54) is 16.7 Å². The first kappa shape index (κ1) is 15.7. The fourth-order valence-electron chi connectivity index (χ4n) is 3.24. The Balaban J connectivity index is 1.52. The molecule has 1 N–H and O–H groups in total. The number of benzene rings is 1. The number of rotatable bonds is 4. The van der Waals surface area contributed by atoms with Gasteiger partial charge in [0.1, 0.15) is 11.6 Å². The molecule has 1 unspecified atom stereocenters. The average molecular weight is 312 g/mol. The number of nitrogens with one attached hydrogen (secondary N) is 1. The number of aryl methyl sites for hydroxylation is 4. The van der Waals surface area contributed by atoms with Crippen LogP contribution in [0.4, 0.5) is 0 Å². The Morgan fingerprint density at radius 3 is 2.96 bits per heavy atom. The SMILES string of the molecule is Cc1ccc(CCNC(=O)C2CCc3nc(C)nn3C2)c(C)c1. The fraction of sp³-hybridized carbons (Fsp3) is 0.500. The van der Waals surface area contributed by atoms with E-state index in [1.807, 2.05) is 11.6 Å². The van der Waals surface area contributed by atoms with Gasteiger partial charge in [0.05, 0.1) is 12.5 Å². The predicted molar refractivity (Wildman–Crippen MR) is 89.2 cm³/mol. The van der Waals surface area contributed by atoms with Crippen molar-refractivity contribution in [1.29, 1.82) is 0 Å². The molecular weight excluding hydrogens is 288 g/mol. The number of carbonyl (C=O) groups is 1. The zero-order valence-corrected chi connectivity index (χ0v) is 14.1. The van der Waals surface area contributed by atoms with E-state index in [0.717, 1.165) is 30.9 Å². The highest BCUT2D eigenvalue weighted by Gasteiger charge is 2.26. The molecule has 0 saturated carbocycles. The third kappa shape index (κ3) is 3.60. The van der Waals surface area contributed by atoms with E-state index < -0.39 is 0 Å². The number of amides is 1. The summed E-state index contributed by atoms with van der Waals surface area (Å²) in [7, 11) is 0. The van der Waals surface area contributed by atoms with E-state index in [0.29, 0.717) is 13.1 Å². The highest BCUT2D eigenvalue weighted by molar-refractivity contribution is 5.78. The van der Waals surface area contributed by atoms with E-state index in [4.69, 9.17) is 0 Å². The van der Waals surface area contributed by atoms with Crippen molar-refractivity contribution in [2.24, 2.45) is 5.92 Å². The highest BCUT2D eigenvalue weighted by atomic mass is 16.1. The number of carbonyl (C=O) groups excluding carboxylic acids is 1. The van der Waals surface area contributed by atoms with Crippen LogP contribution in [-0.4, -0.2) is 27.2 Å². The molecule has 122 valence electrons. The Morgan fingerprint density at radius 1 is 1.35 bits per heavy atom. The Kier molecular flexibility index (Phi) is 4.46. The van der Waals surface area contributed by atoms with Gasteiger partial charge in [0.2, 0.25) is 5.91 Å². The summed E-state index contributed by atoms with van der Waals surface area (Å²) in [6.07, 6.45) is 2.56. The highest BCUT2D eigenvalue weighted by Crippen LogP contribution is 2.18. The van der Waals surface area contributed by atoms with Gasteiger partial charge in [0.25, 0.3) is 0 Å². The molecule has 0 radical (unpaired) electrons. The van der Waals surface area contributed by atoms with Crippen LogP contribution >= 0.6 is 0 Å². The van der Waals surface area contributed by atoms with Gasteiger partial charge in [-0.3, -0.25) is 4.79 Å². The molecule has 0 bridgehead atoms. The zero-order chi connectivity index (χ0) is 16.4. The molecule has 3 rings (SSSR count). The summed E-state index contributed by atoms with van der Waals surface area (Å²) in [5.41, 5.74) is 3.87. The molecule has 0 aliphatic carbocycles. The molecule has 0 spiro atoms. The molecule has 5 heteroatoms. The number of hydrogen-bond acceptors (Lipinski definition) is 3. The van der Waals surface area contributed by atoms with E-state index >= 15 is 0 Å². The van der Waals surface area contributed by atoms with Crippen LogP contribution in [0.2, 0.25) is 0 Å². The molecule has 23 heavy (non-hydrogen) atoms. The van der Waals surface area contributed by atoms with Gasteiger partial charge in [-0.1, -0.05) is 23.8 Å². The van der Waals surface area contributed by atoms with Crippen molar-refractivity contribution in [2.45, 2.75) is 46.6 Å². The normalized spacial score (nSPS) is 16.9. The van der Waals surface area contributed by atoms with Gasteiger partial charge in [0, 0.05) is 13.0 Å². The van der Waals surface area contributed by atoms with E-state index in [2.05, 4.69) is 47.4 Å². The summed E-state index contributed by atoms with van der Waals surface area (Å²) in [5, 5.41) is 7.44. The van der Waals surface area contributed by atoms with Crippen LogP contribution in [0.15, 0.2) is 18.2 Å². The maximum absolute atomic E-state index is 12.4. The summed E-state index contributed by atoms with van der Waals surface area (Å²) in [4.78, 5) is 16.8. The molecular formula is C18H24N4O. The first-order valence-electron chi connectivity index (χ1n) is 8.27. The zero-order valence-electron chi connectivity index (χ0n) is 14.1. The Hall–Kier alpha value is -2.17. The van der Waals surface area contributed by atoms with Crippen LogP contribution in [0.1, 0.15) is 34.8 Å². The minimum atomic E-state index is 0.00251. The second-order valence-corrected chi connectivity index (χ2v) is 6.46. The molecule has 1 aromatic heterocycles. The summed E-state index contributed by atoms with van der Waals surface area (Å²) in [5.74, 6) is 1.93. The van der Waals surface area contributed by atoms with Crippen molar-refractivity contribution in [3.05, 3.63) is 46.5 Å². The second kappa shape index (κ2) is 6.52. The van der Waals surface area contributed by atoms with Crippen molar-refractivity contribution in [1.82, 2.24) is 20.1 Å². The lowest BCUT2D eigenvalue weighted by Gasteiger charge is -2.21. The summed E-state index contributed by atoms with van der Waals surface area (Å²) in [6.45, 7) is 7.44. The monoisotopic (exact) mass is 312 g/mol. The van der Waals surface area contributed by atoms with Crippen LogP contribution in [0.25, 0.3) is 0 Å². The van der Waals surface area contributed by atoms with Crippen molar-refractivity contribution in [3.8, 4) is 0 Å². The quantitative estimate of drug-likeness (QED) is 0.941. The van der Waals surface area contributed by atoms with Gasteiger partial charge < -0.3 is 5.32 Å². The Labute approximate surface area is 137 Å². The van der Waals surface area contributed by atoms with Crippen molar-refractivity contribution >= 4 is 5.91 Å². The first-order chi connectivity index (χ1) is 11.0. The summed E-state index contributed by atoms with van der Waals surface area (Å²) < 4.78 is 1.88. The lowest BCUT2D eigenvalue weighted by atomic mass is 9.98. The van der Waals surface area contributed by atoms with Gasteiger partial charge in [-0.15, -0.1) is 0 Å². The average Bonchev–Trinajstić information content (AvgIpc) is 2.88. The van der Waals surface area contributed by atoms with E-state index in [-0.39, 0.29) is 11.8 Å². The van der Waals surface area contributed by atoms with Gasteiger partial charge in [0.15, 0.2) is 0 Å². The van der Waals surface area contributed by atoms with Gasteiger partial charge in [-0.25, -0.2) is 9.67 Å². The molecule has 0 fully saturated rings. The fourth-order valence-corrected chi connectivity index (χ4v) is 3.24. The maximum Gasteiger partial charge on any atom is 0.225 e. The van der Waals surface area contributed by atoms with Crippen LogP contribution in [0, 0.1) is 26.7 Å². The van der Waals surface area contributed by atoms with E-state index in [9.17, 15) is 4.79 Å². The van der Waals surface area contributed by atoms with Crippen molar-refractivity contribution in [2.75, 3.05) is 6.54 Å². The predicted octanol–water partition coefficient (Wildman–Crippen LogP) is 2.12. The summed E-state index contributed by atoms with van der Waals surface area (Å²) >= 11 is 0. The topological polar surface area (TPSA) is 59.8 Å². The number of fused-ring (bicyclic) bond motifs is 1. The van der Waals surface area contributed by atoms with Crippen LogP contribution in [0.3, 0.4) is 0 Å². The molecule has 0 saturated heterocycles. The molecule has 1 aliphatic rings. The molecule has 1 amide bonds. The molecule has 1 aliphatic heterocycles. The van der Waals surface area contributed by atoms with Gasteiger partial charge in [-0.05, 0) is 44.7 Å². The molecule has 1 atom stereocenters. The van der Waals surface area contributed by atoms with Crippen LogP contribution in [0.5, 0.6) is 0 Å². The van der Waals surface area contributed by atoms with Gasteiger partial charge >= 0.3 is 0 Å². The smallest absolute Gasteiger partial charge is 0.225 e. The Bertz CT molecular complexity index is 720.